The summed E-state index contributed by atoms with van der Waals surface area (Å²) in [6, 6.07) is 0. The fourth-order valence-electron chi connectivity index (χ4n) is 1.57. The molecular formula is C12H27O3PS. The van der Waals surface area contributed by atoms with Crippen LogP contribution >= 0.6 is 6.72 Å². The van der Waals surface area contributed by atoms with Gasteiger partial charge in [0.15, 0.2) is 0 Å². The van der Waals surface area contributed by atoms with Crippen molar-refractivity contribution in [3.8, 4) is 0 Å². The van der Waals surface area contributed by atoms with E-state index in [0.717, 1.165) is 38.5 Å². The Morgan fingerprint density at radius 1 is 1.00 bits per heavy atom. The summed E-state index contributed by atoms with van der Waals surface area (Å²) in [6.07, 6.45) is 6.20. The zero-order chi connectivity index (χ0) is 13.3. The van der Waals surface area contributed by atoms with Gasteiger partial charge in [0.1, 0.15) is 0 Å². The van der Waals surface area contributed by atoms with Crippen LogP contribution in [0.3, 0.4) is 0 Å². The maximum absolute atomic E-state index is 9.94. The van der Waals surface area contributed by atoms with Crippen molar-refractivity contribution in [2.45, 2.75) is 78.4 Å². The summed E-state index contributed by atoms with van der Waals surface area (Å²) < 4.78 is 10.9. The largest absolute Gasteiger partial charge is 0.325 e. The lowest BCUT2D eigenvalue weighted by atomic mass is 10.2. The fraction of sp³-hybridized carbons (Fsp3) is 1.00. The fourth-order valence-corrected chi connectivity index (χ4v) is 3.62. The zero-order valence-corrected chi connectivity index (χ0v) is 13.2. The van der Waals surface area contributed by atoms with E-state index < -0.39 is 6.72 Å². The second-order valence-electron chi connectivity index (χ2n) is 4.59. The molecule has 0 aliphatic rings. The van der Waals surface area contributed by atoms with Gasteiger partial charge in [0, 0.05) is 0 Å². The van der Waals surface area contributed by atoms with Gasteiger partial charge in [0.25, 0.3) is 0 Å². The number of hydrogen-bond acceptors (Lipinski definition) is 3. The molecule has 0 radical (unpaired) electrons. The van der Waals surface area contributed by atoms with Gasteiger partial charge >= 0.3 is 6.72 Å². The van der Waals surface area contributed by atoms with Gasteiger partial charge in [-0.2, -0.15) is 0 Å². The van der Waals surface area contributed by atoms with Crippen molar-refractivity contribution in [1.82, 2.24) is 0 Å². The molecule has 1 N–H and O–H groups in total. The Balaban J connectivity index is 3.96. The summed E-state index contributed by atoms with van der Waals surface area (Å²) in [5, 5.41) is 0. The van der Waals surface area contributed by atoms with Gasteiger partial charge < -0.3 is 13.9 Å². The van der Waals surface area contributed by atoms with Gasteiger partial charge in [-0.05, 0) is 38.5 Å². The zero-order valence-electron chi connectivity index (χ0n) is 11.5. The van der Waals surface area contributed by atoms with Gasteiger partial charge in [0.2, 0.25) is 0 Å². The molecule has 0 aromatic carbocycles. The highest BCUT2D eigenvalue weighted by Crippen LogP contribution is 2.47. The van der Waals surface area contributed by atoms with E-state index in [2.05, 4.69) is 13.8 Å². The van der Waals surface area contributed by atoms with Crippen LogP contribution in [0.2, 0.25) is 0 Å². The van der Waals surface area contributed by atoms with Crippen molar-refractivity contribution < 1.29 is 13.9 Å². The number of unbranched alkanes of at least 4 members (excludes halogenated alkanes) is 2. The van der Waals surface area contributed by atoms with E-state index in [9.17, 15) is 4.89 Å². The predicted molar refractivity (Wildman–Crippen MR) is 76.6 cm³/mol. The highest BCUT2D eigenvalue weighted by atomic mass is 32.5. The van der Waals surface area contributed by atoms with Gasteiger partial charge in [-0.1, -0.05) is 39.5 Å². The molecule has 104 valence electrons. The molecule has 0 aliphatic carbocycles. The SMILES string of the molecule is CCCCC(C)OP(O)(=S)OC(C)CCCC. The van der Waals surface area contributed by atoms with Crippen molar-refractivity contribution in [1.29, 1.82) is 0 Å². The lowest BCUT2D eigenvalue weighted by molar-refractivity contribution is 0.112. The smallest absolute Gasteiger partial charge is 0.324 e. The molecule has 0 saturated carbocycles. The van der Waals surface area contributed by atoms with E-state index in [1.807, 2.05) is 13.8 Å². The first-order chi connectivity index (χ1) is 7.91. The Bertz CT molecular complexity index is 216. The Kier molecular flexibility index (Phi) is 9.75. The first-order valence-corrected chi connectivity index (χ1v) is 9.20. The Hall–Kier alpha value is 0.530. The lowest BCUT2D eigenvalue weighted by Crippen LogP contribution is -2.12. The Morgan fingerprint density at radius 3 is 1.65 bits per heavy atom. The van der Waals surface area contributed by atoms with Crippen molar-refractivity contribution in [2.75, 3.05) is 0 Å². The summed E-state index contributed by atoms with van der Waals surface area (Å²) in [7, 11) is 0. The predicted octanol–water partition coefficient (Wildman–Crippen LogP) is 4.39. The van der Waals surface area contributed by atoms with Crippen molar-refractivity contribution in [2.24, 2.45) is 0 Å². The Morgan fingerprint density at radius 2 is 1.35 bits per heavy atom. The molecule has 3 nitrogen and oxygen atoms in total. The van der Waals surface area contributed by atoms with E-state index in [4.69, 9.17) is 20.9 Å². The average molecular weight is 282 g/mol. The van der Waals surface area contributed by atoms with Gasteiger partial charge in [-0.3, -0.25) is 0 Å². The van der Waals surface area contributed by atoms with Crippen LogP contribution in [0.15, 0.2) is 0 Å². The summed E-state index contributed by atoms with van der Waals surface area (Å²) in [5.41, 5.74) is 0. The minimum absolute atomic E-state index is 0.0239. The molecule has 2 unspecified atom stereocenters. The molecule has 0 aromatic rings. The molecule has 0 spiro atoms. The van der Waals surface area contributed by atoms with Crippen LogP contribution in [0, 0.1) is 0 Å². The molecule has 0 rings (SSSR count). The summed E-state index contributed by atoms with van der Waals surface area (Å²) in [4.78, 5) is 9.94. The standard InChI is InChI=1S/C12H27O3PS/c1-5-7-9-11(3)14-16(13,17)15-12(4)10-8-6-2/h11-12H,5-10H2,1-4H3,(H,13,17). The maximum atomic E-state index is 9.94. The Labute approximate surface area is 111 Å². The summed E-state index contributed by atoms with van der Waals surface area (Å²) in [5.74, 6) is 0. The quantitative estimate of drug-likeness (QED) is 0.603. The van der Waals surface area contributed by atoms with E-state index in [1.54, 1.807) is 0 Å². The van der Waals surface area contributed by atoms with Crippen LogP contribution in [0.5, 0.6) is 0 Å². The second-order valence-corrected chi connectivity index (χ2v) is 7.33. The topological polar surface area (TPSA) is 38.7 Å². The van der Waals surface area contributed by atoms with E-state index >= 15 is 0 Å². The molecule has 0 aromatic heterocycles. The van der Waals surface area contributed by atoms with Crippen LogP contribution in [0.4, 0.5) is 0 Å². The molecule has 0 heterocycles. The molecule has 5 heteroatoms. The molecule has 0 bridgehead atoms. The number of hydrogen-bond donors (Lipinski definition) is 1. The second kappa shape index (κ2) is 9.46. The van der Waals surface area contributed by atoms with Gasteiger partial charge in [-0.25, -0.2) is 0 Å². The molecule has 0 amide bonds. The van der Waals surface area contributed by atoms with Crippen LogP contribution in [-0.4, -0.2) is 17.1 Å². The normalized spacial score (nSPS) is 18.6. The first kappa shape index (κ1) is 17.5. The maximum Gasteiger partial charge on any atom is 0.325 e. The minimum Gasteiger partial charge on any atom is -0.324 e. The van der Waals surface area contributed by atoms with E-state index in [1.165, 1.54) is 0 Å². The molecule has 17 heavy (non-hydrogen) atoms. The highest BCUT2D eigenvalue weighted by Gasteiger charge is 2.21. The van der Waals surface area contributed by atoms with Crippen LogP contribution in [-0.2, 0) is 20.9 Å². The van der Waals surface area contributed by atoms with Gasteiger partial charge in [0.05, 0.1) is 12.2 Å². The first-order valence-electron chi connectivity index (χ1n) is 6.60. The highest BCUT2D eigenvalue weighted by molar-refractivity contribution is 8.07. The minimum atomic E-state index is -3.05. The van der Waals surface area contributed by atoms with Crippen LogP contribution < -0.4 is 0 Å². The summed E-state index contributed by atoms with van der Waals surface area (Å²) in [6.45, 7) is 5.08. The van der Waals surface area contributed by atoms with Crippen molar-refractivity contribution in [3.05, 3.63) is 0 Å². The van der Waals surface area contributed by atoms with E-state index in [0.29, 0.717) is 0 Å². The van der Waals surface area contributed by atoms with E-state index in [-0.39, 0.29) is 12.2 Å². The van der Waals surface area contributed by atoms with Crippen LogP contribution in [0.25, 0.3) is 0 Å². The van der Waals surface area contributed by atoms with Crippen LogP contribution in [0.1, 0.15) is 66.2 Å². The number of rotatable bonds is 10. The van der Waals surface area contributed by atoms with Crippen molar-refractivity contribution >= 4 is 18.5 Å². The molecule has 0 aliphatic heterocycles. The third-order valence-corrected chi connectivity index (χ3v) is 4.32. The monoisotopic (exact) mass is 282 g/mol. The molecule has 2 atom stereocenters. The molecule has 0 fully saturated rings. The van der Waals surface area contributed by atoms with Crippen molar-refractivity contribution in [3.63, 3.8) is 0 Å². The average Bonchev–Trinajstić information content (AvgIpc) is 2.22. The molecular weight excluding hydrogens is 255 g/mol. The summed E-state index contributed by atoms with van der Waals surface area (Å²) >= 11 is 5.02. The third-order valence-electron chi connectivity index (χ3n) is 2.55. The lowest BCUT2D eigenvalue weighted by Gasteiger charge is -2.23. The third kappa shape index (κ3) is 10.2. The van der Waals surface area contributed by atoms with Gasteiger partial charge in [-0.15, -0.1) is 0 Å². The molecule has 0 saturated heterocycles.